The standard InChI is InChI=1S/C11H23NOS/c1-4-10(9-5-6-9)12-8(2)11(7-13)14-3/h8-13H,4-7H2,1-3H3. The SMILES string of the molecule is CCC(NC(C)C(CO)SC)C1CC1. The zero-order valence-electron chi connectivity index (χ0n) is 9.49. The van der Waals surface area contributed by atoms with Crippen molar-refractivity contribution in [2.45, 2.75) is 50.4 Å². The molecular weight excluding hydrogens is 194 g/mol. The van der Waals surface area contributed by atoms with E-state index in [-0.39, 0.29) is 6.61 Å². The molecule has 2 N–H and O–H groups in total. The van der Waals surface area contributed by atoms with E-state index in [0.717, 1.165) is 5.92 Å². The Kier molecular flexibility index (Phi) is 5.28. The van der Waals surface area contributed by atoms with Crippen molar-refractivity contribution in [3.8, 4) is 0 Å². The van der Waals surface area contributed by atoms with Gasteiger partial charge in [0.15, 0.2) is 0 Å². The molecule has 0 aromatic carbocycles. The molecular formula is C11H23NOS. The molecule has 0 saturated heterocycles. The maximum atomic E-state index is 9.18. The van der Waals surface area contributed by atoms with Crippen molar-refractivity contribution in [1.29, 1.82) is 0 Å². The number of nitrogens with one attached hydrogen (secondary N) is 1. The first kappa shape index (κ1) is 12.3. The second-order valence-electron chi connectivity index (χ2n) is 4.26. The quantitative estimate of drug-likeness (QED) is 0.683. The topological polar surface area (TPSA) is 32.3 Å². The van der Waals surface area contributed by atoms with Crippen LogP contribution in [0.5, 0.6) is 0 Å². The Morgan fingerprint density at radius 1 is 1.50 bits per heavy atom. The fraction of sp³-hybridized carbons (Fsp3) is 1.00. The highest BCUT2D eigenvalue weighted by Gasteiger charge is 2.31. The highest BCUT2D eigenvalue weighted by atomic mass is 32.2. The average Bonchev–Trinajstić information content (AvgIpc) is 2.99. The monoisotopic (exact) mass is 217 g/mol. The Balaban J connectivity index is 2.32. The predicted octanol–water partition coefficient (Wildman–Crippen LogP) is 1.88. The minimum Gasteiger partial charge on any atom is -0.395 e. The fourth-order valence-electron chi connectivity index (χ4n) is 1.97. The van der Waals surface area contributed by atoms with Crippen LogP contribution in [0.15, 0.2) is 0 Å². The van der Waals surface area contributed by atoms with E-state index < -0.39 is 0 Å². The molecule has 1 saturated carbocycles. The van der Waals surface area contributed by atoms with Crippen molar-refractivity contribution in [1.82, 2.24) is 5.32 Å². The molecule has 0 amide bonds. The first-order chi connectivity index (χ1) is 6.72. The van der Waals surface area contributed by atoms with Gasteiger partial charge in [-0.3, -0.25) is 0 Å². The Labute approximate surface area is 91.9 Å². The Morgan fingerprint density at radius 2 is 2.14 bits per heavy atom. The van der Waals surface area contributed by atoms with Crippen LogP contribution in [-0.2, 0) is 0 Å². The number of rotatable bonds is 7. The molecule has 1 fully saturated rings. The molecule has 0 bridgehead atoms. The van der Waals surface area contributed by atoms with Gasteiger partial charge in [0.25, 0.3) is 0 Å². The first-order valence-electron chi connectivity index (χ1n) is 5.62. The highest BCUT2D eigenvalue weighted by molar-refractivity contribution is 7.99. The number of aliphatic hydroxyl groups is 1. The molecule has 1 rings (SSSR count). The lowest BCUT2D eigenvalue weighted by Crippen LogP contribution is -2.44. The van der Waals surface area contributed by atoms with Crippen molar-refractivity contribution in [2.24, 2.45) is 5.92 Å². The van der Waals surface area contributed by atoms with Crippen molar-refractivity contribution in [2.75, 3.05) is 12.9 Å². The van der Waals surface area contributed by atoms with E-state index in [1.807, 2.05) is 0 Å². The van der Waals surface area contributed by atoms with E-state index in [0.29, 0.717) is 17.3 Å². The molecule has 3 atom stereocenters. The van der Waals surface area contributed by atoms with Crippen LogP contribution in [0.1, 0.15) is 33.1 Å². The van der Waals surface area contributed by atoms with Gasteiger partial charge in [-0.05, 0) is 38.4 Å². The van der Waals surface area contributed by atoms with E-state index >= 15 is 0 Å². The number of hydrogen-bond acceptors (Lipinski definition) is 3. The Morgan fingerprint density at radius 3 is 2.50 bits per heavy atom. The molecule has 14 heavy (non-hydrogen) atoms. The summed E-state index contributed by atoms with van der Waals surface area (Å²) < 4.78 is 0. The summed E-state index contributed by atoms with van der Waals surface area (Å²) >= 11 is 1.75. The molecule has 0 spiro atoms. The third-order valence-corrected chi connectivity index (χ3v) is 4.31. The summed E-state index contributed by atoms with van der Waals surface area (Å²) in [6, 6.07) is 1.09. The van der Waals surface area contributed by atoms with Crippen molar-refractivity contribution in [3.05, 3.63) is 0 Å². The van der Waals surface area contributed by atoms with E-state index in [2.05, 4.69) is 25.4 Å². The fourth-order valence-corrected chi connectivity index (χ4v) is 2.60. The van der Waals surface area contributed by atoms with Gasteiger partial charge >= 0.3 is 0 Å². The predicted molar refractivity (Wildman–Crippen MR) is 63.8 cm³/mol. The third kappa shape index (κ3) is 3.44. The third-order valence-electron chi connectivity index (χ3n) is 3.15. The maximum Gasteiger partial charge on any atom is 0.0564 e. The average molecular weight is 217 g/mol. The summed E-state index contributed by atoms with van der Waals surface area (Å²) in [5, 5.41) is 13.2. The van der Waals surface area contributed by atoms with Gasteiger partial charge < -0.3 is 10.4 Å². The smallest absolute Gasteiger partial charge is 0.0564 e. The van der Waals surface area contributed by atoms with Gasteiger partial charge in [-0.15, -0.1) is 0 Å². The minimum absolute atomic E-state index is 0.274. The molecule has 2 nitrogen and oxygen atoms in total. The number of hydrogen-bond donors (Lipinski definition) is 2. The van der Waals surface area contributed by atoms with Crippen LogP contribution in [0.25, 0.3) is 0 Å². The Hall–Kier alpha value is 0.270. The zero-order valence-corrected chi connectivity index (χ0v) is 10.3. The van der Waals surface area contributed by atoms with Crippen LogP contribution >= 0.6 is 11.8 Å². The van der Waals surface area contributed by atoms with E-state index in [1.165, 1.54) is 19.3 Å². The second-order valence-corrected chi connectivity index (χ2v) is 5.34. The molecule has 0 aliphatic heterocycles. The van der Waals surface area contributed by atoms with Gasteiger partial charge in [0.2, 0.25) is 0 Å². The van der Waals surface area contributed by atoms with Crippen LogP contribution in [0, 0.1) is 5.92 Å². The lowest BCUT2D eigenvalue weighted by molar-refractivity contribution is 0.266. The summed E-state index contributed by atoms with van der Waals surface area (Å²) in [5.74, 6) is 0.906. The van der Waals surface area contributed by atoms with E-state index in [4.69, 9.17) is 0 Å². The molecule has 3 heteroatoms. The lowest BCUT2D eigenvalue weighted by atomic mass is 10.1. The van der Waals surface area contributed by atoms with Crippen LogP contribution in [0.2, 0.25) is 0 Å². The minimum atomic E-state index is 0.274. The van der Waals surface area contributed by atoms with Crippen LogP contribution < -0.4 is 5.32 Å². The van der Waals surface area contributed by atoms with Gasteiger partial charge in [0.05, 0.1) is 6.61 Å². The summed E-state index contributed by atoms with van der Waals surface area (Å²) in [6.45, 7) is 4.70. The maximum absolute atomic E-state index is 9.18. The molecule has 0 heterocycles. The number of aliphatic hydroxyl groups excluding tert-OH is 1. The normalized spacial score (nSPS) is 23.1. The van der Waals surface area contributed by atoms with Crippen LogP contribution in [-0.4, -0.2) is 35.3 Å². The molecule has 3 unspecified atom stereocenters. The van der Waals surface area contributed by atoms with Gasteiger partial charge in [0, 0.05) is 17.3 Å². The Bertz CT molecular complexity index is 157. The van der Waals surface area contributed by atoms with Crippen LogP contribution in [0.4, 0.5) is 0 Å². The van der Waals surface area contributed by atoms with Crippen molar-refractivity contribution in [3.63, 3.8) is 0 Å². The molecule has 0 radical (unpaired) electrons. The van der Waals surface area contributed by atoms with Crippen LogP contribution in [0.3, 0.4) is 0 Å². The van der Waals surface area contributed by atoms with Gasteiger partial charge in [-0.2, -0.15) is 11.8 Å². The van der Waals surface area contributed by atoms with E-state index in [1.54, 1.807) is 11.8 Å². The van der Waals surface area contributed by atoms with Gasteiger partial charge in [-0.25, -0.2) is 0 Å². The second kappa shape index (κ2) is 5.99. The largest absolute Gasteiger partial charge is 0.395 e. The van der Waals surface area contributed by atoms with Gasteiger partial charge in [0.1, 0.15) is 0 Å². The lowest BCUT2D eigenvalue weighted by Gasteiger charge is -2.26. The molecule has 84 valence electrons. The zero-order chi connectivity index (χ0) is 10.6. The summed E-state index contributed by atoms with van der Waals surface area (Å²) in [6.07, 6.45) is 6.06. The molecule has 0 aromatic rings. The summed E-state index contributed by atoms with van der Waals surface area (Å²) in [4.78, 5) is 0. The molecule has 1 aliphatic rings. The summed E-state index contributed by atoms with van der Waals surface area (Å²) in [5.41, 5.74) is 0. The molecule has 0 aromatic heterocycles. The van der Waals surface area contributed by atoms with E-state index in [9.17, 15) is 5.11 Å². The number of thioether (sulfide) groups is 1. The van der Waals surface area contributed by atoms with Crippen molar-refractivity contribution < 1.29 is 5.11 Å². The first-order valence-corrected chi connectivity index (χ1v) is 6.91. The van der Waals surface area contributed by atoms with Crippen molar-refractivity contribution >= 4 is 11.8 Å². The molecule has 1 aliphatic carbocycles. The highest BCUT2D eigenvalue weighted by Crippen LogP contribution is 2.34. The summed E-state index contributed by atoms with van der Waals surface area (Å²) in [7, 11) is 0. The van der Waals surface area contributed by atoms with Gasteiger partial charge in [-0.1, -0.05) is 6.92 Å².